The normalized spacial score (nSPS) is 24.9. The molecule has 9 N–H and O–H groups in total. The van der Waals surface area contributed by atoms with Gasteiger partial charge in [-0.05, 0) is 18.2 Å². The zero-order chi connectivity index (χ0) is 24.9. The highest BCUT2D eigenvalue weighted by Crippen LogP contribution is 2.43. The number of ether oxygens (including phenoxy) is 2. The predicted molar refractivity (Wildman–Crippen MR) is 111 cm³/mol. The molecule has 0 amide bonds. The van der Waals surface area contributed by atoms with Gasteiger partial charge in [-0.2, -0.15) is 0 Å². The molecule has 2 aromatic carbocycles. The van der Waals surface area contributed by atoms with Crippen molar-refractivity contribution >= 4 is 11.0 Å². The molecule has 3 aromatic rings. The van der Waals surface area contributed by atoms with Crippen LogP contribution < -0.4 is 10.2 Å². The van der Waals surface area contributed by atoms with E-state index in [1.165, 1.54) is 6.07 Å². The Labute approximate surface area is 189 Å². The Balaban J connectivity index is 1.94. The number of hydrogen-bond acceptors (Lipinski definition) is 13. The van der Waals surface area contributed by atoms with E-state index in [4.69, 9.17) is 13.9 Å². The van der Waals surface area contributed by atoms with Crippen molar-refractivity contribution in [2.45, 2.75) is 30.7 Å². The Kier molecular flexibility index (Phi) is 5.89. The van der Waals surface area contributed by atoms with E-state index in [1.54, 1.807) is 0 Å². The molecule has 5 atom stereocenters. The number of benzene rings is 2. The number of aliphatic hydroxyl groups is 4. The molecular weight excluding hydrogens is 460 g/mol. The van der Waals surface area contributed by atoms with Crippen molar-refractivity contribution in [2.75, 3.05) is 6.61 Å². The van der Waals surface area contributed by atoms with Crippen LogP contribution in [0.3, 0.4) is 0 Å². The molecule has 13 heteroatoms. The summed E-state index contributed by atoms with van der Waals surface area (Å²) in [6.45, 7) is -0.774. The van der Waals surface area contributed by atoms with E-state index < -0.39 is 94.0 Å². The van der Waals surface area contributed by atoms with Gasteiger partial charge in [-0.3, -0.25) is 4.79 Å². The fraction of sp³-hybridized carbons (Fsp3) is 0.286. The lowest BCUT2D eigenvalue weighted by atomic mass is 9.99. The highest BCUT2D eigenvalue weighted by atomic mass is 16.7. The lowest BCUT2D eigenvalue weighted by Gasteiger charge is -2.39. The van der Waals surface area contributed by atoms with Crippen molar-refractivity contribution < 1.29 is 59.8 Å². The lowest BCUT2D eigenvalue weighted by Crippen LogP contribution is -2.60. The quantitative estimate of drug-likeness (QED) is 0.208. The molecule has 182 valence electrons. The summed E-state index contributed by atoms with van der Waals surface area (Å²) in [5, 5.41) is 88.3. The molecule has 1 aliphatic rings. The van der Waals surface area contributed by atoms with E-state index in [0.29, 0.717) is 0 Å². The second-order valence-electron chi connectivity index (χ2n) is 7.57. The zero-order valence-corrected chi connectivity index (χ0v) is 17.1. The maximum absolute atomic E-state index is 13.3. The summed E-state index contributed by atoms with van der Waals surface area (Å²) in [4.78, 5) is 13.3. The van der Waals surface area contributed by atoms with Gasteiger partial charge in [0.15, 0.2) is 28.8 Å². The average Bonchev–Trinajstić information content (AvgIpc) is 2.80. The van der Waals surface area contributed by atoms with Crippen LogP contribution in [0.5, 0.6) is 34.5 Å². The van der Waals surface area contributed by atoms with E-state index >= 15 is 0 Å². The minimum Gasteiger partial charge on any atom is -0.504 e. The topological polar surface area (TPSA) is 231 Å². The number of aliphatic hydroxyl groups excluding tert-OH is 4. The average molecular weight is 480 g/mol. The van der Waals surface area contributed by atoms with Crippen molar-refractivity contribution in [1.82, 2.24) is 0 Å². The van der Waals surface area contributed by atoms with E-state index in [-0.39, 0.29) is 5.56 Å². The Morgan fingerprint density at radius 3 is 2.21 bits per heavy atom. The van der Waals surface area contributed by atoms with E-state index in [0.717, 1.165) is 18.2 Å². The molecule has 0 unspecified atom stereocenters. The predicted octanol–water partition coefficient (Wildman–Crippen LogP) is -0.833. The number of phenolic OH excluding ortho intramolecular Hbond substituents is 5. The smallest absolute Gasteiger partial charge is 0.239 e. The van der Waals surface area contributed by atoms with Crippen molar-refractivity contribution in [1.29, 1.82) is 0 Å². The van der Waals surface area contributed by atoms with Crippen LogP contribution in [0.4, 0.5) is 0 Å². The molecule has 0 saturated carbocycles. The number of rotatable bonds is 4. The molecule has 1 fully saturated rings. The van der Waals surface area contributed by atoms with Gasteiger partial charge >= 0.3 is 0 Å². The first-order valence-corrected chi connectivity index (χ1v) is 9.79. The molecule has 13 nitrogen and oxygen atoms in total. The summed E-state index contributed by atoms with van der Waals surface area (Å²) in [5.41, 5.74) is -1.56. The van der Waals surface area contributed by atoms with Gasteiger partial charge in [0.1, 0.15) is 35.4 Å². The maximum Gasteiger partial charge on any atom is 0.239 e. The van der Waals surface area contributed by atoms with E-state index in [2.05, 4.69) is 0 Å². The Bertz CT molecular complexity index is 1300. The van der Waals surface area contributed by atoms with Gasteiger partial charge in [-0.25, -0.2) is 0 Å². The minimum absolute atomic E-state index is 0.0408. The zero-order valence-electron chi connectivity index (χ0n) is 17.1. The van der Waals surface area contributed by atoms with Gasteiger partial charge in [-0.1, -0.05) is 0 Å². The number of hydrogen-bond donors (Lipinski definition) is 9. The van der Waals surface area contributed by atoms with Crippen LogP contribution in [0, 0.1) is 0 Å². The van der Waals surface area contributed by atoms with E-state index in [1.807, 2.05) is 0 Å². The van der Waals surface area contributed by atoms with Crippen molar-refractivity contribution in [3.8, 4) is 45.8 Å². The summed E-state index contributed by atoms with van der Waals surface area (Å²) in [7, 11) is 0. The molecule has 34 heavy (non-hydrogen) atoms. The second kappa shape index (κ2) is 8.55. The van der Waals surface area contributed by atoms with Gasteiger partial charge in [0, 0.05) is 11.6 Å². The number of phenols is 5. The first-order chi connectivity index (χ1) is 16.0. The third kappa shape index (κ3) is 3.70. The van der Waals surface area contributed by atoms with Gasteiger partial charge < -0.3 is 59.8 Å². The molecule has 1 aliphatic heterocycles. The number of aromatic hydroxyl groups is 5. The Morgan fingerprint density at radius 1 is 0.853 bits per heavy atom. The highest BCUT2D eigenvalue weighted by Gasteiger charge is 2.45. The first kappa shape index (κ1) is 23.4. The minimum atomic E-state index is -1.91. The van der Waals surface area contributed by atoms with Gasteiger partial charge in [0.25, 0.3) is 0 Å². The third-order valence-electron chi connectivity index (χ3n) is 5.39. The van der Waals surface area contributed by atoms with Crippen LogP contribution in [0.2, 0.25) is 0 Å². The molecular formula is C21H20O13. The Morgan fingerprint density at radius 2 is 1.56 bits per heavy atom. The summed E-state index contributed by atoms with van der Waals surface area (Å²) >= 11 is 0. The lowest BCUT2D eigenvalue weighted by molar-refractivity contribution is -0.277. The fourth-order valence-electron chi connectivity index (χ4n) is 3.54. The summed E-state index contributed by atoms with van der Waals surface area (Å²) in [5.74, 6) is -5.12. The standard InChI is InChI=1S/C21H20O13/c22-5-11-14(27)17(30)18(31)21(33-11)34-20-16(29)12-10(4-9(25)13(26)15(12)28)32-19(20)6-1-2-7(23)8(24)3-6/h1-4,11,14,17-18,21-28,30-31H,5H2/t11-,14+,17+,18-,21+/m1/s1. The summed E-state index contributed by atoms with van der Waals surface area (Å²) in [6, 6.07) is 4.13. The fourth-order valence-corrected chi connectivity index (χ4v) is 3.54. The van der Waals surface area contributed by atoms with Crippen LogP contribution in [-0.4, -0.2) is 83.3 Å². The molecule has 4 rings (SSSR count). The Hall–Kier alpha value is -3.75. The van der Waals surface area contributed by atoms with Crippen LogP contribution in [0.25, 0.3) is 22.3 Å². The molecule has 0 radical (unpaired) electrons. The van der Waals surface area contributed by atoms with Crippen molar-refractivity contribution in [3.63, 3.8) is 0 Å². The maximum atomic E-state index is 13.3. The molecule has 2 heterocycles. The van der Waals surface area contributed by atoms with E-state index in [9.17, 15) is 50.8 Å². The summed E-state index contributed by atoms with van der Waals surface area (Å²) in [6.07, 6.45) is -8.64. The van der Waals surface area contributed by atoms with Crippen LogP contribution in [-0.2, 0) is 4.74 Å². The molecule has 1 saturated heterocycles. The van der Waals surface area contributed by atoms with Crippen molar-refractivity contribution in [2.24, 2.45) is 0 Å². The second-order valence-corrected chi connectivity index (χ2v) is 7.57. The van der Waals surface area contributed by atoms with Gasteiger partial charge in [-0.15, -0.1) is 0 Å². The molecule has 0 aliphatic carbocycles. The number of fused-ring (bicyclic) bond motifs is 1. The van der Waals surface area contributed by atoms with Gasteiger partial charge in [0.05, 0.1) is 6.61 Å². The van der Waals surface area contributed by atoms with Crippen LogP contribution in [0.15, 0.2) is 33.5 Å². The van der Waals surface area contributed by atoms with Crippen LogP contribution in [0.1, 0.15) is 0 Å². The largest absolute Gasteiger partial charge is 0.504 e. The highest BCUT2D eigenvalue weighted by molar-refractivity contribution is 5.91. The molecule has 0 bridgehead atoms. The first-order valence-electron chi connectivity index (χ1n) is 9.79. The van der Waals surface area contributed by atoms with Crippen molar-refractivity contribution in [3.05, 3.63) is 34.5 Å². The summed E-state index contributed by atoms with van der Waals surface area (Å²) < 4.78 is 16.3. The molecule has 0 spiro atoms. The SMILES string of the molecule is O=c1c(O[C@@H]2O[C@H](CO)[C@H](O)[C@H](O)[C@H]2O)c(-c2ccc(O)c(O)c2)oc2cc(O)c(O)c(O)c12. The third-order valence-corrected chi connectivity index (χ3v) is 5.39. The van der Waals surface area contributed by atoms with Gasteiger partial charge in [0.2, 0.25) is 23.2 Å². The molecule has 1 aromatic heterocycles. The monoisotopic (exact) mass is 480 g/mol. The van der Waals surface area contributed by atoms with Crippen LogP contribution >= 0.6 is 0 Å².